The Morgan fingerprint density at radius 2 is 1.96 bits per heavy atom. The number of aryl methyl sites for hydroxylation is 1. The lowest BCUT2D eigenvalue weighted by Crippen LogP contribution is -2.33. The molecule has 1 amide bonds. The van der Waals surface area contributed by atoms with Gasteiger partial charge in [0.05, 0.1) is 0 Å². The van der Waals surface area contributed by atoms with Crippen molar-refractivity contribution in [3.63, 3.8) is 0 Å². The lowest BCUT2D eigenvalue weighted by atomic mass is 9.98. The molecule has 0 aliphatic carbocycles. The highest BCUT2D eigenvalue weighted by molar-refractivity contribution is 7.87. The molecule has 1 atom stereocenters. The van der Waals surface area contributed by atoms with Crippen molar-refractivity contribution in [2.75, 3.05) is 11.4 Å². The topological polar surface area (TPSA) is 63.7 Å². The molecule has 1 aliphatic heterocycles. The van der Waals surface area contributed by atoms with Gasteiger partial charge in [0.15, 0.2) is 0 Å². The number of nitrogens with zero attached hydrogens (tertiary/aromatic N) is 1. The Morgan fingerprint density at radius 1 is 1.22 bits per heavy atom. The van der Waals surface area contributed by atoms with Crippen molar-refractivity contribution in [1.29, 1.82) is 0 Å². The highest BCUT2D eigenvalue weighted by Gasteiger charge is 2.25. The fourth-order valence-corrected chi connectivity index (χ4v) is 4.41. The predicted molar refractivity (Wildman–Crippen MR) is 106 cm³/mol. The van der Waals surface area contributed by atoms with Gasteiger partial charge in [-0.15, -0.1) is 0 Å². The molecule has 144 valence electrons. The van der Waals surface area contributed by atoms with E-state index in [0.29, 0.717) is 12.3 Å². The summed E-state index contributed by atoms with van der Waals surface area (Å²) in [5, 5.41) is 0. The van der Waals surface area contributed by atoms with Crippen LogP contribution in [0.2, 0.25) is 0 Å². The SMILES string of the molecule is CCC(C)c1ccccc1OS(=O)(=O)c1ccc2c(c1)CCCN2C(C)=O. The van der Waals surface area contributed by atoms with Crippen molar-refractivity contribution in [3.05, 3.63) is 53.6 Å². The van der Waals surface area contributed by atoms with E-state index in [0.717, 1.165) is 36.1 Å². The van der Waals surface area contributed by atoms with E-state index < -0.39 is 10.1 Å². The van der Waals surface area contributed by atoms with E-state index in [1.54, 1.807) is 29.2 Å². The van der Waals surface area contributed by atoms with Crippen LogP contribution >= 0.6 is 0 Å². The highest BCUT2D eigenvalue weighted by Crippen LogP contribution is 2.33. The second-order valence-electron chi connectivity index (χ2n) is 6.95. The molecule has 0 radical (unpaired) electrons. The molecule has 3 rings (SSSR count). The van der Waals surface area contributed by atoms with E-state index in [2.05, 4.69) is 6.92 Å². The predicted octanol–water partition coefficient (Wildman–Crippen LogP) is 4.27. The number of rotatable bonds is 5. The van der Waals surface area contributed by atoms with Crippen molar-refractivity contribution in [1.82, 2.24) is 0 Å². The third kappa shape index (κ3) is 4.00. The fourth-order valence-electron chi connectivity index (χ4n) is 3.41. The Labute approximate surface area is 161 Å². The first-order valence-electron chi connectivity index (χ1n) is 9.28. The van der Waals surface area contributed by atoms with Crippen LogP contribution in [0, 0.1) is 0 Å². The minimum Gasteiger partial charge on any atom is -0.379 e. The monoisotopic (exact) mass is 387 g/mol. The average molecular weight is 388 g/mol. The Balaban J connectivity index is 1.94. The Bertz CT molecular complexity index is 952. The summed E-state index contributed by atoms with van der Waals surface area (Å²) < 4.78 is 31.2. The number of hydrogen-bond acceptors (Lipinski definition) is 4. The maximum atomic E-state index is 12.9. The van der Waals surface area contributed by atoms with Crippen molar-refractivity contribution >= 4 is 21.7 Å². The first-order chi connectivity index (χ1) is 12.8. The Hall–Kier alpha value is -2.34. The number of anilines is 1. The number of fused-ring (bicyclic) bond motifs is 1. The fraction of sp³-hybridized carbons (Fsp3) is 0.381. The molecule has 2 aromatic carbocycles. The van der Waals surface area contributed by atoms with Crippen LogP contribution in [-0.2, 0) is 21.3 Å². The molecule has 1 aliphatic rings. The molecule has 1 unspecified atom stereocenters. The maximum Gasteiger partial charge on any atom is 0.339 e. The normalized spacial score (nSPS) is 15.1. The summed E-state index contributed by atoms with van der Waals surface area (Å²) in [4.78, 5) is 13.6. The first kappa shape index (κ1) is 19.4. The van der Waals surface area contributed by atoms with E-state index >= 15 is 0 Å². The van der Waals surface area contributed by atoms with Crippen LogP contribution in [-0.4, -0.2) is 20.9 Å². The van der Waals surface area contributed by atoms with Gasteiger partial charge in [0.25, 0.3) is 0 Å². The number of carbonyl (C=O) groups excluding carboxylic acids is 1. The lowest BCUT2D eigenvalue weighted by molar-refractivity contribution is -0.116. The zero-order valence-corrected chi connectivity index (χ0v) is 16.8. The summed E-state index contributed by atoms with van der Waals surface area (Å²) in [7, 11) is -3.95. The summed E-state index contributed by atoms with van der Waals surface area (Å²) >= 11 is 0. The maximum absolute atomic E-state index is 12.9. The average Bonchev–Trinajstić information content (AvgIpc) is 2.66. The Kier molecular flexibility index (Phi) is 5.56. The third-order valence-corrected chi connectivity index (χ3v) is 6.33. The van der Waals surface area contributed by atoms with Crippen LogP contribution in [0.4, 0.5) is 5.69 Å². The Morgan fingerprint density at radius 3 is 2.67 bits per heavy atom. The van der Waals surface area contributed by atoms with Gasteiger partial charge in [0.1, 0.15) is 10.6 Å². The zero-order chi connectivity index (χ0) is 19.6. The minimum atomic E-state index is -3.95. The summed E-state index contributed by atoms with van der Waals surface area (Å²) in [5.74, 6) is 0.532. The van der Waals surface area contributed by atoms with Gasteiger partial charge >= 0.3 is 10.1 Å². The van der Waals surface area contributed by atoms with E-state index in [1.165, 1.54) is 13.0 Å². The molecule has 0 saturated heterocycles. The molecule has 0 fully saturated rings. The van der Waals surface area contributed by atoms with Gasteiger partial charge in [-0.3, -0.25) is 4.79 Å². The van der Waals surface area contributed by atoms with Crippen LogP contribution in [0.25, 0.3) is 0 Å². The molecule has 0 spiro atoms. The van der Waals surface area contributed by atoms with Crippen LogP contribution in [0.15, 0.2) is 47.4 Å². The minimum absolute atomic E-state index is 0.0368. The van der Waals surface area contributed by atoms with Gasteiger partial charge in [0.2, 0.25) is 5.91 Å². The molecule has 0 bridgehead atoms. The number of para-hydroxylation sites is 1. The molecular weight excluding hydrogens is 362 g/mol. The van der Waals surface area contributed by atoms with Gasteiger partial charge < -0.3 is 9.08 Å². The van der Waals surface area contributed by atoms with E-state index in [-0.39, 0.29) is 16.7 Å². The summed E-state index contributed by atoms with van der Waals surface area (Å²) in [5.41, 5.74) is 2.52. The highest BCUT2D eigenvalue weighted by atomic mass is 32.2. The molecule has 0 N–H and O–H groups in total. The second kappa shape index (κ2) is 7.72. The van der Waals surface area contributed by atoms with Crippen LogP contribution in [0.3, 0.4) is 0 Å². The van der Waals surface area contributed by atoms with Crippen LogP contribution in [0.1, 0.15) is 50.7 Å². The smallest absolute Gasteiger partial charge is 0.339 e. The molecular formula is C21H25NO4S. The van der Waals surface area contributed by atoms with Crippen molar-refractivity contribution in [2.45, 2.75) is 50.8 Å². The van der Waals surface area contributed by atoms with Gasteiger partial charge in [-0.1, -0.05) is 32.0 Å². The molecule has 27 heavy (non-hydrogen) atoms. The van der Waals surface area contributed by atoms with Crippen LogP contribution in [0.5, 0.6) is 5.75 Å². The molecule has 6 heteroatoms. The summed E-state index contributed by atoms with van der Waals surface area (Å²) in [6.45, 7) is 6.28. The van der Waals surface area contributed by atoms with Gasteiger partial charge in [0, 0.05) is 19.2 Å². The molecule has 0 saturated carbocycles. The summed E-state index contributed by atoms with van der Waals surface area (Å²) in [6, 6.07) is 12.1. The van der Waals surface area contributed by atoms with E-state index in [1.807, 2.05) is 19.1 Å². The van der Waals surface area contributed by atoms with Crippen molar-refractivity contribution < 1.29 is 17.4 Å². The molecule has 5 nitrogen and oxygen atoms in total. The largest absolute Gasteiger partial charge is 0.379 e. The molecule has 2 aromatic rings. The molecule has 1 heterocycles. The van der Waals surface area contributed by atoms with Crippen molar-refractivity contribution in [3.8, 4) is 5.75 Å². The number of benzene rings is 2. The van der Waals surface area contributed by atoms with E-state index in [4.69, 9.17) is 4.18 Å². The van der Waals surface area contributed by atoms with Crippen molar-refractivity contribution in [2.24, 2.45) is 0 Å². The number of amides is 1. The molecule has 0 aromatic heterocycles. The number of hydrogen-bond donors (Lipinski definition) is 0. The third-order valence-electron chi connectivity index (χ3n) is 5.10. The standard InChI is InChI=1S/C21H25NO4S/c1-4-15(2)19-9-5-6-10-21(19)26-27(24,25)18-11-12-20-17(14-18)8-7-13-22(20)16(3)23/h5-6,9-12,14-15H,4,7-8,13H2,1-3H3. The van der Waals surface area contributed by atoms with Gasteiger partial charge in [-0.2, -0.15) is 8.42 Å². The van der Waals surface area contributed by atoms with Gasteiger partial charge in [-0.05, 0) is 60.6 Å². The number of carbonyl (C=O) groups is 1. The second-order valence-corrected chi connectivity index (χ2v) is 8.50. The first-order valence-corrected chi connectivity index (χ1v) is 10.7. The van der Waals surface area contributed by atoms with Crippen LogP contribution < -0.4 is 9.08 Å². The summed E-state index contributed by atoms with van der Waals surface area (Å²) in [6.07, 6.45) is 2.44. The van der Waals surface area contributed by atoms with Gasteiger partial charge in [-0.25, -0.2) is 0 Å². The lowest BCUT2D eigenvalue weighted by Gasteiger charge is -2.28. The van der Waals surface area contributed by atoms with E-state index in [9.17, 15) is 13.2 Å². The quantitative estimate of drug-likeness (QED) is 0.719. The zero-order valence-electron chi connectivity index (χ0n) is 15.9.